The Balaban J connectivity index is 1.36. The number of rotatable bonds is 7. The van der Waals surface area contributed by atoms with Gasteiger partial charge in [0.1, 0.15) is 11.5 Å². The van der Waals surface area contributed by atoms with Gasteiger partial charge >= 0.3 is 0 Å². The maximum atomic E-state index is 13.1. The van der Waals surface area contributed by atoms with E-state index in [-0.39, 0.29) is 34.1 Å². The van der Waals surface area contributed by atoms with Gasteiger partial charge < -0.3 is 9.73 Å². The molecule has 1 unspecified atom stereocenters. The predicted octanol–water partition coefficient (Wildman–Crippen LogP) is 5.71. The summed E-state index contributed by atoms with van der Waals surface area (Å²) in [6, 6.07) is 21.5. The number of furan rings is 1. The highest BCUT2D eigenvalue weighted by molar-refractivity contribution is 7.90. The number of carbonyl (C=O) groups excluding carboxylic acids is 1. The predicted molar refractivity (Wildman–Crippen MR) is 133 cm³/mol. The van der Waals surface area contributed by atoms with E-state index in [4.69, 9.17) is 4.42 Å². The number of fused-ring (bicyclic) bond motifs is 1. The first kappa shape index (κ1) is 22.6. The Bertz CT molecular complexity index is 1390. The van der Waals surface area contributed by atoms with Gasteiger partial charge in [-0.05, 0) is 78.1 Å². The lowest BCUT2D eigenvalue weighted by Crippen LogP contribution is -2.28. The van der Waals surface area contributed by atoms with Crippen molar-refractivity contribution in [1.29, 1.82) is 0 Å². The molecule has 0 radical (unpaired) electrons. The van der Waals surface area contributed by atoms with Gasteiger partial charge in [-0.25, -0.2) is 8.42 Å². The van der Waals surface area contributed by atoms with Crippen LogP contribution in [0.15, 0.2) is 87.5 Å². The molecule has 174 valence electrons. The molecule has 0 saturated heterocycles. The summed E-state index contributed by atoms with van der Waals surface area (Å²) in [6.07, 6.45) is 4.57. The fourth-order valence-electron chi connectivity index (χ4n) is 4.39. The van der Waals surface area contributed by atoms with Gasteiger partial charge in [0.05, 0.1) is 10.9 Å². The topological polar surface area (TPSA) is 76.4 Å². The van der Waals surface area contributed by atoms with E-state index < -0.39 is 9.84 Å². The van der Waals surface area contributed by atoms with Crippen LogP contribution in [-0.4, -0.2) is 14.3 Å². The lowest BCUT2D eigenvalue weighted by atomic mass is 9.89. The summed E-state index contributed by atoms with van der Waals surface area (Å²) < 4.78 is 31.0. The zero-order valence-electron chi connectivity index (χ0n) is 18.6. The maximum Gasteiger partial charge on any atom is 0.287 e. The number of aryl methyl sites for hydroxylation is 2. The van der Waals surface area contributed by atoms with Crippen LogP contribution in [0.25, 0.3) is 0 Å². The van der Waals surface area contributed by atoms with Crippen molar-refractivity contribution in [2.24, 2.45) is 0 Å². The Hall–Kier alpha value is -3.16. The molecule has 5 rings (SSSR count). The van der Waals surface area contributed by atoms with Gasteiger partial charge in [0.15, 0.2) is 15.6 Å². The molecule has 7 heteroatoms. The summed E-state index contributed by atoms with van der Waals surface area (Å²) in [7, 11) is -3.56. The maximum absolute atomic E-state index is 13.1. The summed E-state index contributed by atoms with van der Waals surface area (Å²) in [5.74, 6) is -0.351. The fourth-order valence-corrected chi connectivity index (χ4v) is 6.46. The van der Waals surface area contributed by atoms with Crippen LogP contribution in [0.1, 0.15) is 56.8 Å². The minimum atomic E-state index is -3.56. The van der Waals surface area contributed by atoms with Crippen molar-refractivity contribution in [3.63, 3.8) is 0 Å². The second-order valence-corrected chi connectivity index (χ2v) is 11.5. The van der Waals surface area contributed by atoms with E-state index in [1.165, 1.54) is 30.0 Å². The third-order valence-electron chi connectivity index (χ3n) is 6.13. The molecule has 2 aromatic heterocycles. The summed E-state index contributed by atoms with van der Waals surface area (Å²) in [5.41, 5.74) is 3.78. The summed E-state index contributed by atoms with van der Waals surface area (Å²) in [6.45, 7) is 0. The van der Waals surface area contributed by atoms with Crippen molar-refractivity contribution >= 4 is 27.1 Å². The van der Waals surface area contributed by atoms with E-state index in [2.05, 4.69) is 23.5 Å². The normalized spacial score (nSPS) is 14.4. The van der Waals surface area contributed by atoms with Crippen LogP contribution < -0.4 is 5.32 Å². The summed E-state index contributed by atoms with van der Waals surface area (Å²) in [4.78, 5) is 14.4. The van der Waals surface area contributed by atoms with E-state index in [0.717, 1.165) is 23.3 Å². The standard InChI is InChI=1S/C27H25NO4S2/c29-27(24-15-14-22(32-24)18-34(30,31)23-9-2-1-3-10-23)28-26(25-11-6-16-33-25)21-13-12-19-7-4-5-8-20(19)17-21/h1-3,6,9-17,26H,4-5,7-8,18H2,(H,28,29). The molecular weight excluding hydrogens is 466 g/mol. The van der Waals surface area contributed by atoms with Crippen LogP contribution in [0.3, 0.4) is 0 Å². The van der Waals surface area contributed by atoms with Crippen LogP contribution in [0.4, 0.5) is 0 Å². The molecule has 1 atom stereocenters. The van der Waals surface area contributed by atoms with Gasteiger partial charge in [-0.15, -0.1) is 11.3 Å². The highest BCUT2D eigenvalue weighted by Gasteiger charge is 2.24. The zero-order chi connectivity index (χ0) is 23.5. The second-order valence-electron chi connectivity index (χ2n) is 8.50. The molecule has 1 amide bonds. The molecule has 2 aromatic carbocycles. The first-order valence-corrected chi connectivity index (χ1v) is 13.9. The number of carbonyl (C=O) groups is 1. The van der Waals surface area contributed by atoms with Crippen LogP contribution >= 0.6 is 11.3 Å². The first-order chi connectivity index (χ1) is 16.5. The van der Waals surface area contributed by atoms with Gasteiger partial charge in [0, 0.05) is 4.88 Å². The minimum Gasteiger partial charge on any atom is -0.455 e. The Morgan fingerprint density at radius 3 is 2.50 bits per heavy atom. The molecule has 1 N–H and O–H groups in total. The molecule has 0 aliphatic heterocycles. The smallest absolute Gasteiger partial charge is 0.287 e. The Morgan fingerprint density at radius 2 is 1.74 bits per heavy atom. The molecule has 5 nitrogen and oxygen atoms in total. The number of amides is 1. The van der Waals surface area contributed by atoms with Crippen LogP contribution in [0.5, 0.6) is 0 Å². The molecule has 2 heterocycles. The van der Waals surface area contributed by atoms with Crippen LogP contribution in [0, 0.1) is 0 Å². The number of nitrogens with one attached hydrogen (secondary N) is 1. The van der Waals surface area contributed by atoms with Crippen molar-refractivity contribution in [3.05, 3.63) is 111 Å². The average molecular weight is 492 g/mol. The summed E-state index contributed by atoms with van der Waals surface area (Å²) in [5, 5.41) is 5.09. The molecule has 0 fully saturated rings. The number of hydrogen-bond donors (Lipinski definition) is 1. The molecule has 0 spiro atoms. The molecule has 1 aliphatic rings. The lowest BCUT2D eigenvalue weighted by molar-refractivity contribution is 0.0914. The third kappa shape index (κ3) is 4.86. The first-order valence-electron chi connectivity index (χ1n) is 11.3. The third-order valence-corrected chi connectivity index (χ3v) is 8.72. The summed E-state index contributed by atoms with van der Waals surface area (Å²) >= 11 is 1.59. The molecule has 0 bridgehead atoms. The van der Waals surface area contributed by atoms with Gasteiger partial charge in [-0.3, -0.25) is 4.79 Å². The van der Waals surface area contributed by atoms with Gasteiger partial charge in [0.2, 0.25) is 0 Å². The lowest BCUT2D eigenvalue weighted by Gasteiger charge is -2.21. The van der Waals surface area contributed by atoms with Gasteiger partial charge in [-0.1, -0.05) is 42.5 Å². The highest BCUT2D eigenvalue weighted by atomic mass is 32.2. The van der Waals surface area contributed by atoms with Gasteiger partial charge in [-0.2, -0.15) is 0 Å². The Labute approximate surface area is 203 Å². The van der Waals surface area contributed by atoms with Crippen molar-refractivity contribution < 1.29 is 17.6 Å². The van der Waals surface area contributed by atoms with E-state index in [1.807, 2.05) is 17.5 Å². The molecule has 4 aromatic rings. The van der Waals surface area contributed by atoms with Crippen molar-refractivity contribution in [2.75, 3.05) is 0 Å². The van der Waals surface area contributed by atoms with Crippen LogP contribution in [0.2, 0.25) is 0 Å². The quantitative estimate of drug-likeness (QED) is 0.359. The molecule has 0 saturated carbocycles. The molecule has 1 aliphatic carbocycles. The van der Waals surface area contributed by atoms with E-state index >= 15 is 0 Å². The number of sulfone groups is 1. The van der Waals surface area contributed by atoms with Gasteiger partial charge in [0.25, 0.3) is 5.91 Å². The van der Waals surface area contributed by atoms with Crippen LogP contribution in [-0.2, 0) is 28.4 Å². The van der Waals surface area contributed by atoms with Crippen molar-refractivity contribution in [3.8, 4) is 0 Å². The van der Waals surface area contributed by atoms with E-state index in [9.17, 15) is 13.2 Å². The Kier molecular flexibility index (Phi) is 6.39. The number of hydrogen-bond acceptors (Lipinski definition) is 5. The zero-order valence-corrected chi connectivity index (χ0v) is 20.2. The average Bonchev–Trinajstić information content (AvgIpc) is 3.55. The largest absolute Gasteiger partial charge is 0.455 e. The highest BCUT2D eigenvalue weighted by Crippen LogP contribution is 2.30. The van der Waals surface area contributed by atoms with E-state index in [1.54, 1.807) is 47.7 Å². The van der Waals surface area contributed by atoms with E-state index in [0.29, 0.717) is 0 Å². The SMILES string of the molecule is O=C(NC(c1ccc2c(c1)CCCC2)c1cccs1)c1ccc(CS(=O)(=O)c2ccccc2)o1. The molecule has 34 heavy (non-hydrogen) atoms. The number of benzene rings is 2. The Morgan fingerprint density at radius 1 is 0.941 bits per heavy atom. The van der Waals surface area contributed by atoms with Crippen molar-refractivity contribution in [1.82, 2.24) is 5.32 Å². The minimum absolute atomic E-state index is 0.0952. The fraction of sp³-hybridized carbons (Fsp3) is 0.222. The monoisotopic (exact) mass is 491 g/mol. The van der Waals surface area contributed by atoms with Crippen molar-refractivity contribution in [2.45, 2.75) is 42.4 Å². The molecular formula is C27H25NO4S2. The number of thiophene rings is 1. The second kappa shape index (κ2) is 9.60.